The number of aromatic nitrogens is 2. The van der Waals surface area contributed by atoms with Crippen LogP contribution in [0.1, 0.15) is 21.7 Å². The van der Waals surface area contributed by atoms with Crippen LogP contribution in [0.15, 0.2) is 30.6 Å². The van der Waals surface area contributed by atoms with Crippen LogP contribution in [0.3, 0.4) is 0 Å². The molecule has 6 heteroatoms. The molecular formula is C12H8ClFN2O2. The van der Waals surface area contributed by atoms with Gasteiger partial charge in [0.2, 0.25) is 0 Å². The molecule has 18 heavy (non-hydrogen) atoms. The fourth-order valence-electron chi connectivity index (χ4n) is 1.42. The van der Waals surface area contributed by atoms with Crippen LogP contribution in [0.25, 0.3) is 0 Å². The van der Waals surface area contributed by atoms with Crippen LogP contribution in [0.5, 0.6) is 0 Å². The van der Waals surface area contributed by atoms with Gasteiger partial charge < -0.3 is 5.11 Å². The van der Waals surface area contributed by atoms with Gasteiger partial charge in [-0.25, -0.2) is 19.2 Å². The Bertz CT molecular complexity index is 587. The van der Waals surface area contributed by atoms with Gasteiger partial charge in [-0.2, -0.15) is 0 Å². The Balaban J connectivity index is 2.24. The lowest BCUT2D eigenvalue weighted by Crippen LogP contribution is -2.02. The maximum atomic E-state index is 13.6. The van der Waals surface area contributed by atoms with Gasteiger partial charge in [0.1, 0.15) is 11.6 Å². The summed E-state index contributed by atoms with van der Waals surface area (Å²) in [6, 6.07) is 3.74. The highest BCUT2D eigenvalue weighted by Gasteiger charge is 2.09. The zero-order valence-corrected chi connectivity index (χ0v) is 9.86. The van der Waals surface area contributed by atoms with Crippen LogP contribution < -0.4 is 0 Å². The van der Waals surface area contributed by atoms with Gasteiger partial charge in [0.15, 0.2) is 0 Å². The number of nitrogens with zero attached hydrogens (tertiary/aromatic N) is 2. The van der Waals surface area contributed by atoms with Crippen LogP contribution >= 0.6 is 11.6 Å². The number of aromatic carboxylic acids is 1. The minimum absolute atomic E-state index is 0.0896. The van der Waals surface area contributed by atoms with Crippen LogP contribution in [-0.4, -0.2) is 21.0 Å². The molecule has 0 spiro atoms. The molecule has 4 nitrogen and oxygen atoms in total. The Morgan fingerprint density at radius 3 is 2.56 bits per heavy atom. The van der Waals surface area contributed by atoms with E-state index in [1.54, 1.807) is 0 Å². The van der Waals surface area contributed by atoms with Crippen molar-refractivity contribution in [2.24, 2.45) is 0 Å². The Morgan fingerprint density at radius 2 is 2.00 bits per heavy atom. The average molecular weight is 267 g/mol. The molecule has 0 aliphatic rings. The summed E-state index contributed by atoms with van der Waals surface area (Å²) < 4.78 is 13.6. The van der Waals surface area contributed by atoms with E-state index < -0.39 is 11.8 Å². The first-order chi connectivity index (χ1) is 8.56. The molecular weight excluding hydrogens is 259 g/mol. The van der Waals surface area contributed by atoms with E-state index in [4.69, 9.17) is 16.7 Å². The fourth-order valence-corrected chi connectivity index (χ4v) is 1.52. The Hall–Kier alpha value is -2.01. The number of hydrogen-bond donors (Lipinski definition) is 1. The second-order valence-corrected chi connectivity index (χ2v) is 4.04. The van der Waals surface area contributed by atoms with Crippen molar-refractivity contribution in [2.75, 3.05) is 0 Å². The predicted molar refractivity (Wildman–Crippen MR) is 63.2 cm³/mol. The van der Waals surface area contributed by atoms with Crippen LogP contribution in [0.4, 0.5) is 4.39 Å². The molecule has 1 N–H and O–H groups in total. The Morgan fingerprint density at radius 1 is 1.33 bits per heavy atom. The number of carbonyl (C=O) groups is 1. The molecule has 2 rings (SSSR count). The van der Waals surface area contributed by atoms with Crippen molar-refractivity contribution in [2.45, 2.75) is 6.42 Å². The van der Waals surface area contributed by atoms with Gasteiger partial charge in [0.25, 0.3) is 0 Å². The standard InChI is InChI=1S/C12H8ClFN2O2/c13-9-5-15-11(16-6-9)4-7-1-2-8(12(17)18)3-10(7)14/h1-3,5-6H,4H2,(H,17,18). The largest absolute Gasteiger partial charge is 0.478 e. The minimum Gasteiger partial charge on any atom is -0.478 e. The van der Waals surface area contributed by atoms with E-state index in [0.29, 0.717) is 16.4 Å². The smallest absolute Gasteiger partial charge is 0.335 e. The summed E-state index contributed by atoms with van der Waals surface area (Å²) in [6.45, 7) is 0. The second kappa shape index (κ2) is 5.10. The number of carboxylic acids is 1. The van der Waals surface area contributed by atoms with E-state index in [9.17, 15) is 9.18 Å². The van der Waals surface area contributed by atoms with E-state index in [2.05, 4.69) is 9.97 Å². The number of hydrogen-bond acceptors (Lipinski definition) is 3. The van der Waals surface area contributed by atoms with Crippen molar-refractivity contribution in [3.05, 3.63) is 58.4 Å². The third-order valence-electron chi connectivity index (χ3n) is 2.32. The van der Waals surface area contributed by atoms with Gasteiger partial charge in [0, 0.05) is 18.8 Å². The Labute approximate surface area is 107 Å². The highest BCUT2D eigenvalue weighted by Crippen LogP contribution is 2.14. The molecule has 0 fully saturated rings. The van der Waals surface area contributed by atoms with Crippen molar-refractivity contribution in [1.82, 2.24) is 9.97 Å². The lowest BCUT2D eigenvalue weighted by atomic mass is 10.1. The lowest BCUT2D eigenvalue weighted by Gasteiger charge is -2.03. The molecule has 1 heterocycles. The molecule has 0 bridgehead atoms. The van der Waals surface area contributed by atoms with Gasteiger partial charge >= 0.3 is 5.97 Å². The molecule has 0 radical (unpaired) electrons. The first kappa shape index (κ1) is 12.4. The first-order valence-electron chi connectivity index (χ1n) is 5.04. The molecule has 2 aromatic rings. The molecule has 0 saturated carbocycles. The van der Waals surface area contributed by atoms with Crippen LogP contribution in [0.2, 0.25) is 5.02 Å². The van der Waals surface area contributed by atoms with Crippen molar-refractivity contribution < 1.29 is 14.3 Å². The van der Waals surface area contributed by atoms with Gasteiger partial charge in [0.05, 0.1) is 10.6 Å². The molecule has 1 aromatic heterocycles. The molecule has 0 aliphatic heterocycles. The fraction of sp³-hybridized carbons (Fsp3) is 0.0833. The predicted octanol–water partition coefficient (Wildman–Crippen LogP) is 2.56. The van der Waals surface area contributed by atoms with Crippen molar-refractivity contribution in [3.8, 4) is 0 Å². The molecule has 0 aliphatic carbocycles. The van der Waals surface area contributed by atoms with Crippen molar-refractivity contribution in [3.63, 3.8) is 0 Å². The monoisotopic (exact) mass is 266 g/mol. The van der Waals surface area contributed by atoms with Crippen LogP contribution in [-0.2, 0) is 6.42 Å². The second-order valence-electron chi connectivity index (χ2n) is 3.61. The van der Waals surface area contributed by atoms with Crippen molar-refractivity contribution in [1.29, 1.82) is 0 Å². The van der Waals surface area contributed by atoms with E-state index in [1.807, 2.05) is 0 Å². The third kappa shape index (κ3) is 2.81. The summed E-state index contributed by atoms with van der Waals surface area (Å²) in [5.74, 6) is -1.34. The summed E-state index contributed by atoms with van der Waals surface area (Å²) in [4.78, 5) is 18.5. The highest BCUT2D eigenvalue weighted by atomic mass is 35.5. The van der Waals surface area contributed by atoms with E-state index in [-0.39, 0.29) is 12.0 Å². The molecule has 92 valence electrons. The molecule has 0 unspecified atom stereocenters. The maximum Gasteiger partial charge on any atom is 0.335 e. The SMILES string of the molecule is O=C(O)c1ccc(Cc2ncc(Cl)cn2)c(F)c1. The topological polar surface area (TPSA) is 63.1 Å². The highest BCUT2D eigenvalue weighted by molar-refractivity contribution is 6.30. The lowest BCUT2D eigenvalue weighted by molar-refractivity contribution is 0.0696. The minimum atomic E-state index is -1.16. The number of carboxylic acid groups (broad SMARTS) is 1. The quantitative estimate of drug-likeness (QED) is 0.927. The van der Waals surface area contributed by atoms with E-state index in [0.717, 1.165) is 6.07 Å². The summed E-state index contributed by atoms with van der Waals surface area (Å²) in [5.41, 5.74) is 0.246. The number of benzene rings is 1. The molecule has 0 saturated heterocycles. The summed E-state index contributed by atoms with van der Waals surface area (Å²) in [6.07, 6.45) is 3.03. The summed E-state index contributed by atoms with van der Waals surface area (Å²) in [7, 11) is 0. The van der Waals surface area contributed by atoms with Crippen LogP contribution in [0, 0.1) is 5.82 Å². The number of rotatable bonds is 3. The average Bonchev–Trinajstić information content (AvgIpc) is 2.34. The van der Waals surface area contributed by atoms with Gasteiger partial charge in [-0.3, -0.25) is 0 Å². The third-order valence-corrected chi connectivity index (χ3v) is 2.52. The molecule has 1 aromatic carbocycles. The first-order valence-corrected chi connectivity index (χ1v) is 5.42. The molecule has 0 atom stereocenters. The van der Waals surface area contributed by atoms with Gasteiger partial charge in [-0.05, 0) is 17.7 Å². The molecule has 0 amide bonds. The normalized spacial score (nSPS) is 10.3. The van der Waals surface area contributed by atoms with E-state index in [1.165, 1.54) is 24.5 Å². The number of halogens is 2. The van der Waals surface area contributed by atoms with Gasteiger partial charge in [-0.15, -0.1) is 0 Å². The van der Waals surface area contributed by atoms with Gasteiger partial charge in [-0.1, -0.05) is 17.7 Å². The zero-order chi connectivity index (χ0) is 13.1. The Kier molecular flexibility index (Phi) is 3.53. The van der Waals surface area contributed by atoms with E-state index >= 15 is 0 Å². The summed E-state index contributed by atoms with van der Waals surface area (Å²) >= 11 is 5.64. The zero-order valence-electron chi connectivity index (χ0n) is 9.10. The summed E-state index contributed by atoms with van der Waals surface area (Å²) in [5, 5.41) is 9.12. The van der Waals surface area contributed by atoms with Crippen molar-refractivity contribution >= 4 is 17.6 Å². The maximum absolute atomic E-state index is 13.6.